The van der Waals surface area contributed by atoms with Gasteiger partial charge in [-0.25, -0.2) is 14.4 Å². The minimum atomic E-state index is -4.38. The highest BCUT2D eigenvalue weighted by atomic mass is 19.4. The van der Waals surface area contributed by atoms with Crippen molar-refractivity contribution in [3.05, 3.63) is 48.0 Å². The van der Waals surface area contributed by atoms with Gasteiger partial charge < -0.3 is 9.80 Å². The number of piperazine rings is 1. The van der Waals surface area contributed by atoms with Gasteiger partial charge in [0.15, 0.2) is 0 Å². The first-order valence-electron chi connectivity index (χ1n) is 7.08. The second-order valence-corrected chi connectivity index (χ2v) is 5.21. The summed E-state index contributed by atoms with van der Waals surface area (Å²) in [6.45, 7) is 2.50. The van der Waals surface area contributed by atoms with Gasteiger partial charge in [-0.15, -0.1) is 0 Å². The minimum absolute atomic E-state index is 0.388. The average Bonchev–Trinajstić information content (AvgIpc) is 2.55. The molecule has 23 heavy (non-hydrogen) atoms. The quantitative estimate of drug-likeness (QED) is 0.794. The largest absolute Gasteiger partial charge is 0.417 e. The van der Waals surface area contributed by atoms with E-state index in [1.165, 1.54) is 18.3 Å². The van der Waals surface area contributed by atoms with Crippen molar-refractivity contribution < 1.29 is 17.6 Å². The molecule has 1 fully saturated rings. The summed E-state index contributed by atoms with van der Waals surface area (Å²) in [4.78, 5) is 11.8. The molecule has 0 amide bonds. The summed E-state index contributed by atoms with van der Waals surface area (Å²) >= 11 is 0. The van der Waals surface area contributed by atoms with Crippen LogP contribution in [0.3, 0.4) is 0 Å². The van der Waals surface area contributed by atoms with Crippen LogP contribution in [0.5, 0.6) is 0 Å². The van der Waals surface area contributed by atoms with Crippen LogP contribution in [0, 0.1) is 5.82 Å². The van der Waals surface area contributed by atoms with Crippen molar-refractivity contribution in [2.24, 2.45) is 0 Å². The van der Waals surface area contributed by atoms with Crippen LogP contribution in [0.2, 0.25) is 0 Å². The van der Waals surface area contributed by atoms with Crippen molar-refractivity contribution in [1.82, 2.24) is 9.97 Å². The van der Waals surface area contributed by atoms with Crippen molar-refractivity contribution in [3.8, 4) is 0 Å². The lowest BCUT2D eigenvalue weighted by molar-refractivity contribution is -0.137. The maximum absolute atomic E-state index is 12.9. The number of alkyl halides is 3. The van der Waals surface area contributed by atoms with Gasteiger partial charge in [0.05, 0.1) is 11.8 Å². The second-order valence-electron chi connectivity index (χ2n) is 5.21. The van der Waals surface area contributed by atoms with E-state index in [-0.39, 0.29) is 5.82 Å². The second kappa shape index (κ2) is 6.02. The predicted octanol–water partition coefficient (Wildman–Crippen LogP) is 2.96. The molecule has 4 nitrogen and oxygen atoms in total. The van der Waals surface area contributed by atoms with Crippen LogP contribution >= 0.6 is 0 Å². The number of hydrogen-bond donors (Lipinski definition) is 0. The van der Waals surface area contributed by atoms with E-state index in [1.54, 1.807) is 6.07 Å². The predicted molar refractivity (Wildman–Crippen MR) is 77.9 cm³/mol. The lowest BCUT2D eigenvalue weighted by Crippen LogP contribution is -2.47. The van der Waals surface area contributed by atoms with Crippen molar-refractivity contribution in [2.75, 3.05) is 36.0 Å². The number of pyridine rings is 2. The first-order valence-corrected chi connectivity index (χ1v) is 7.08. The molecule has 0 bridgehead atoms. The van der Waals surface area contributed by atoms with Crippen molar-refractivity contribution in [1.29, 1.82) is 0 Å². The van der Waals surface area contributed by atoms with Gasteiger partial charge in [-0.05, 0) is 24.3 Å². The van der Waals surface area contributed by atoms with E-state index in [2.05, 4.69) is 9.97 Å². The molecule has 0 unspecified atom stereocenters. The average molecular weight is 326 g/mol. The van der Waals surface area contributed by atoms with Gasteiger partial charge in [0.25, 0.3) is 0 Å². The molecule has 0 atom stereocenters. The van der Waals surface area contributed by atoms with Crippen LogP contribution < -0.4 is 9.80 Å². The van der Waals surface area contributed by atoms with Gasteiger partial charge in [0.1, 0.15) is 17.5 Å². The molecule has 0 aromatic carbocycles. The third-order valence-corrected chi connectivity index (χ3v) is 3.71. The lowest BCUT2D eigenvalue weighted by atomic mass is 10.2. The van der Waals surface area contributed by atoms with Crippen molar-refractivity contribution in [3.63, 3.8) is 0 Å². The van der Waals surface area contributed by atoms with Gasteiger partial charge >= 0.3 is 6.18 Å². The van der Waals surface area contributed by atoms with E-state index in [9.17, 15) is 17.6 Å². The summed E-state index contributed by atoms with van der Waals surface area (Å²) in [5.41, 5.74) is -0.754. The molecule has 1 saturated heterocycles. The number of nitrogens with zero attached hydrogens (tertiary/aromatic N) is 4. The summed E-state index contributed by atoms with van der Waals surface area (Å²) in [6.07, 6.45) is -2.36. The highest BCUT2D eigenvalue weighted by Crippen LogP contribution is 2.29. The maximum atomic E-state index is 12.9. The van der Waals surface area contributed by atoms with Crippen molar-refractivity contribution >= 4 is 11.6 Å². The Morgan fingerprint density at radius 2 is 1.30 bits per heavy atom. The summed E-state index contributed by atoms with van der Waals surface area (Å²) in [5.74, 6) is 0.817. The van der Waals surface area contributed by atoms with E-state index in [4.69, 9.17) is 0 Å². The molecule has 1 aliphatic rings. The molecule has 8 heteroatoms. The fraction of sp³-hybridized carbons (Fsp3) is 0.333. The minimum Gasteiger partial charge on any atom is -0.353 e. The lowest BCUT2D eigenvalue weighted by Gasteiger charge is -2.36. The maximum Gasteiger partial charge on any atom is 0.417 e. The molecule has 0 N–H and O–H groups in total. The van der Waals surface area contributed by atoms with Crippen LogP contribution in [0.25, 0.3) is 0 Å². The Balaban J connectivity index is 1.63. The Kier molecular flexibility index (Phi) is 4.06. The summed E-state index contributed by atoms with van der Waals surface area (Å²) in [6, 6.07) is 5.39. The van der Waals surface area contributed by atoms with Gasteiger partial charge in [-0.3, -0.25) is 0 Å². The van der Waals surface area contributed by atoms with Crippen LogP contribution in [-0.4, -0.2) is 36.1 Å². The van der Waals surface area contributed by atoms with Gasteiger partial charge in [0.2, 0.25) is 0 Å². The third-order valence-electron chi connectivity index (χ3n) is 3.71. The Labute approximate surface area is 130 Å². The first-order chi connectivity index (χ1) is 10.9. The molecular formula is C15H14F4N4. The summed E-state index contributed by atoms with van der Waals surface area (Å²) in [5, 5.41) is 0. The van der Waals surface area contributed by atoms with Gasteiger partial charge in [0, 0.05) is 32.4 Å². The molecule has 2 aromatic rings. The number of rotatable bonds is 2. The summed E-state index contributed by atoms with van der Waals surface area (Å²) in [7, 11) is 0. The Morgan fingerprint density at radius 3 is 1.70 bits per heavy atom. The Hall–Kier alpha value is -2.38. The van der Waals surface area contributed by atoms with E-state index in [0.29, 0.717) is 37.8 Å². The first kappa shape index (κ1) is 15.5. The van der Waals surface area contributed by atoms with Crippen LogP contribution in [0.1, 0.15) is 5.56 Å². The third kappa shape index (κ3) is 3.52. The Bertz CT molecular complexity index is 647. The van der Waals surface area contributed by atoms with Crippen LogP contribution in [0.15, 0.2) is 36.7 Å². The smallest absolute Gasteiger partial charge is 0.353 e. The topological polar surface area (TPSA) is 32.3 Å². The molecule has 1 aliphatic heterocycles. The van der Waals surface area contributed by atoms with E-state index in [0.717, 1.165) is 12.3 Å². The molecule has 3 rings (SSSR count). The molecule has 122 valence electrons. The monoisotopic (exact) mass is 326 g/mol. The standard InChI is InChI=1S/C15H14F4N4/c16-12-2-4-14(21-10-12)23-7-5-22(6-8-23)13-3-1-11(9-20-13)15(17,18)19/h1-4,9-10H,5-8H2. The van der Waals surface area contributed by atoms with Crippen LogP contribution in [0.4, 0.5) is 29.2 Å². The fourth-order valence-corrected chi connectivity index (χ4v) is 2.46. The molecule has 2 aromatic heterocycles. The molecule has 3 heterocycles. The van der Waals surface area contributed by atoms with Gasteiger partial charge in [-0.2, -0.15) is 13.2 Å². The SMILES string of the molecule is Fc1ccc(N2CCN(c3ccc(C(F)(F)F)cn3)CC2)nc1. The molecule has 0 radical (unpaired) electrons. The van der Waals surface area contributed by atoms with E-state index in [1.807, 2.05) is 9.80 Å². The highest BCUT2D eigenvalue weighted by Gasteiger charge is 2.31. The zero-order valence-corrected chi connectivity index (χ0v) is 12.1. The van der Waals surface area contributed by atoms with E-state index >= 15 is 0 Å². The zero-order chi connectivity index (χ0) is 16.4. The highest BCUT2D eigenvalue weighted by molar-refractivity contribution is 5.45. The number of anilines is 2. The number of aromatic nitrogens is 2. The Morgan fingerprint density at radius 1 is 0.783 bits per heavy atom. The fourth-order valence-electron chi connectivity index (χ4n) is 2.46. The summed E-state index contributed by atoms with van der Waals surface area (Å²) < 4.78 is 50.5. The molecule has 0 saturated carbocycles. The molecule has 0 aliphatic carbocycles. The zero-order valence-electron chi connectivity index (χ0n) is 12.1. The number of hydrogen-bond acceptors (Lipinski definition) is 4. The van der Waals surface area contributed by atoms with E-state index < -0.39 is 11.7 Å². The molecule has 0 spiro atoms. The molecular weight excluding hydrogens is 312 g/mol. The van der Waals surface area contributed by atoms with Crippen LogP contribution in [-0.2, 0) is 6.18 Å². The van der Waals surface area contributed by atoms with Crippen molar-refractivity contribution in [2.45, 2.75) is 6.18 Å². The number of halogens is 4. The normalized spacial score (nSPS) is 15.8. The van der Waals surface area contributed by atoms with Gasteiger partial charge in [-0.1, -0.05) is 0 Å².